The van der Waals surface area contributed by atoms with Crippen LogP contribution in [0.15, 0.2) is 0 Å². The van der Waals surface area contributed by atoms with Crippen LogP contribution in [0.25, 0.3) is 0 Å². The molecule has 1 N–H and O–H groups in total. The van der Waals surface area contributed by atoms with E-state index in [1.165, 1.54) is 38.5 Å². The van der Waals surface area contributed by atoms with Crippen LogP contribution in [0.1, 0.15) is 78.6 Å². The Morgan fingerprint density at radius 1 is 0.789 bits per heavy atom. The van der Waals surface area contributed by atoms with Gasteiger partial charge >= 0.3 is 6.03 Å². The Kier molecular flexibility index (Phi) is 13.2. The number of urea groups is 1. The minimum absolute atomic E-state index is 0.120. The number of nitrogens with zero attached hydrogens (tertiary/aromatic N) is 1. The molecule has 0 bridgehead atoms. The van der Waals surface area contributed by atoms with Crippen molar-refractivity contribution in [3.63, 3.8) is 0 Å². The van der Waals surface area contributed by atoms with Crippen molar-refractivity contribution in [3.05, 3.63) is 0 Å². The first-order valence-corrected chi connectivity index (χ1v) is 8.29. The fourth-order valence-corrected chi connectivity index (χ4v) is 2.24. The van der Waals surface area contributed by atoms with Crippen LogP contribution in [-0.4, -0.2) is 30.6 Å². The van der Waals surface area contributed by atoms with Gasteiger partial charge in [0.1, 0.15) is 0 Å². The van der Waals surface area contributed by atoms with E-state index in [2.05, 4.69) is 26.1 Å². The third kappa shape index (κ3) is 10.8. The van der Waals surface area contributed by atoms with Crippen molar-refractivity contribution in [1.29, 1.82) is 0 Å². The number of rotatable bonds is 12. The summed E-state index contributed by atoms with van der Waals surface area (Å²) in [6.45, 7) is 9.05. The van der Waals surface area contributed by atoms with Gasteiger partial charge in [0.25, 0.3) is 0 Å². The van der Waals surface area contributed by atoms with Crippen molar-refractivity contribution in [1.82, 2.24) is 10.2 Å². The second-order valence-corrected chi connectivity index (χ2v) is 5.34. The summed E-state index contributed by atoms with van der Waals surface area (Å²) in [4.78, 5) is 13.8. The maximum atomic E-state index is 11.9. The van der Waals surface area contributed by atoms with Gasteiger partial charge in [-0.25, -0.2) is 4.79 Å². The first-order valence-electron chi connectivity index (χ1n) is 8.29. The number of nitrogens with one attached hydrogen (secondary N) is 1. The Morgan fingerprint density at radius 3 is 1.84 bits per heavy atom. The molecule has 0 saturated carbocycles. The van der Waals surface area contributed by atoms with Crippen LogP contribution in [-0.2, 0) is 0 Å². The van der Waals surface area contributed by atoms with Gasteiger partial charge in [-0.05, 0) is 19.3 Å². The number of hydrogen-bond acceptors (Lipinski definition) is 1. The summed E-state index contributed by atoms with van der Waals surface area (Å²) in [5.41, 5.74) is 0. The summed E-state index contributed by atoms with van der Waals surface area (Å²) in [5, 5.41) is 3.04. The van der Waals surface area contributed by atoms with Crippen LogP contribution in [0.2, 0.25) is 0 Å². The molecule has 0 aromatic rings. The second kappa shape index (κ2) is 13.7. The van der Waals surface area contributed by atoms with Crippen LogP contribution in [0.4, 0.5) is 4.79 Å². The minimum atomic E-state index is 0.120. The fourth-order valence-electron chi connectivity index (χ4n) is 2.24. The highest BCUT2D eigenvalue weighted by atomic mass is 16.2. The van der Waals surface area contributed by atoms with Crippen LogP contribution >= 0.6 is 0 Å². The number of hydrogen-bond donors (Lipinski definition) is 1. The molecule has 0 unspecified atom stereocenters. The molecule has 0 aromatic carbocycles. The number of unbranched alkanes of at least 4 members (excludes halogenated alkanes) is 6. The largest absolute Gasteiger partial charge is 0.338 e. The van der Waals surface area contributed by atoms with E-state index in [1.54, 1.807) is 0 Å². The molecule has 2 amide bonds. The Hall–Kier alpha value is -0.730. The second-order valence-electron chi connectivity index (χ2n) is 5.34. The van der Waals surface area contributed by atoms with Gasteiger partial charge in [0, 0.05) is 19.6 Å². The lowest BCUT2D eigenvalue weighted by Gasteiger charge is -2.21. The monoisotopic (exact) mass is 270 g/mol. The summed E-state index contributed by atoms with van der Waals surface area (Å²) in [6.07, 6.45) is 11.1. The zero-order valence-electron chi connectivity index (χ0n) is 13.3. The summed E-state index contributed by atoms with van der Waals surface area (Å²) in [7, 11) is 0. The van der Waals surface area contributed by atoms with E-state index in [1.807, 2.05) is 4.90 Å². The van der Waals surface area contributed by atoms with E-state index < -0.39 is 0 Å². The predicted molar refractivity (Wildman–Crippen MR) is 83.5 cm³/mol. The zero-order valence-corrected chi connectivity index (χ0v) is 13.3. The lowest BCUT2D eigenvalue weighted by atomic mass is 10.1. The Bertz CT molecular complexity index is 201. The fraction of sp³-hybridized carbons (Fsp3) is 0.938. The number of carbonyl (C=O) groups excluding carboxylic acids is 1. The highest BCUT2D eigenvalue weighted by Crippen LogP contribution is 2.06. The summed E-state index contributed by atoms with van der Waals surface area (Å²) >= 11 is 0. The van der Waals surface area contributed by atoms with Crippen molar-refractivity contribution < 1.29 is 4.79 Å². The van der Waals surface area contributed by atoms with Gasteiger partial charge in [0.05, 0.1) is 0 Å². The molecule has 0 fully saturated rings. The molecule has 0 aliphatic heterocycles. The van der Waals surface area contributed by atoms with E-state index >= 15 is 0 Å². The topological polar surface area (TPSA) is 32.3 Å². The van der Waals surface area contributed by atoms with Crippen LogP contribution in [0, 0.1) is 0 Å². The van der Waals surface area contributed by atoms with Crippen molar-refractivity contribution in [2.75, 3.05) is 19.6 Å². The Morgan fingerprint density at radius 2 is 1.32 bits per heavy atom. The van der Waals surface area contributed by atoms with Crippen molar-refractivity contribution >= 4 is 6.03 Å². The summed E-state index contributed by atoms with van der Waals surface area (Å²) in [5.74, 6) is 0. The molecule has 0 radical (unpaired) electrons. The summed E-state index contributed by atoms with van der Waals surface area (Å²) in [6, 6.07) is 0.120. The molecule has 0 saturated heterocycles. The van der Waals surface area contributed by atoms with Gasteiger partial charge in [-0.15, -0.1) is 0 Å². The summed E-state index contributed by atoms with van der Waals surface area (Å²) < 4.78 is 0. The average Bonchev–Trinajstić information content (AvgIpc) is 2.41. The third-order valence-corrected chi connectivity index (χ3v) is 3.33. The Balaban J connectivity index is 3.50. The average molecular weight is 270 g/mol. The maximum absolute atomic E-state index is 11.9. The van der Waals surface area contributed by atoms with E-state index in [-0.39, 0.29) is 6.03 Å². The zero-order chi connectivity index (χ0) is 14.3. The van der Waals surface area contributed by atoms with Gasteiger partial charge in [0.15, 0.2) is 0 Å². The van der Waals surface area contributed by atoms with Crippen molar-refractivity contribution in [3.8, 4) is 0 Å². The highest BCUT2D eigenvalue weighted by Gasteiger charge is 2.09. The molecule has 19 heavy (non-hydrogen) atoms. The normalized spacial score (nSPS) is 10.5. The molecule has 0 rings (SSSR count). The third-order valence-electron chi connectivity index (χ3n) is 3.33. The van der Waals surface area contributed by atoms with E-state index in [9.17, 15) is 4.79 Å². The lowest BCUT2D eigenvalue weighted by molar-refractivity contribution is 0.197. The molecule has 0 aliphatic carbocycles. The predicted octanol–water partition coefficient (Wildman–Crippen LogP) is 4.57. The maximum Gasteiger partial charge on any atom is 0.317 e. The van der Waals surface area contributed by atoms with E-state index in [0.717, 1.165) is 38.9 Å². The highest BCUT2D eigenvalue weighted by molar-refractivity contribution is 5.74. The Labute approximate surface area is 120 Å². The molecule has 114 valence electrons. The lowest BCUT2D eigenvalue weighted by Crippen LogP contribution is -2.41. The molecule has 0 atom stereocenters. The quantitative estimate of drug-likeness (QED) is 0.518. The molecular formula is C16H34N2O. The van der Waals surface area contributed by atoms with Crippen molar-refractivity contribution in [2.45, 2.75) is 78.6 Å². The standard InChI is InChI=1S/C16H34N2O/c1-4-7-8-9-10-11-12-13-17-16(19)18(14-5-2)15-6-3/h4-15H2,1-3H3,(H,17,19). The number of carbonyl (C=O) groups is 1. The molecule has 3 nitrogen and oxygen atoms in total. The van der Waals surface area contributed by atoms with Crippen LogP contribution < -0.4 is 5.32 Å². The van der Waals surface area contributed by atoms with Gasteiger partial charge in [0.2, 0.25) is 0 Å². The van der Waals surface area contributed by atoms with Gasteiger partial charge in [-0.2, -0.15) is 0 Å². The number of amides is 2. The molecule has 0 aliphatic rings. The van der Waals surface area contributed by atoms with Crippen molar-refractivity contribution in [2.24, 2.45) is 0 Å². The van der Waals surface area contributed by atoms with Gasteiger partial charge in [-0.1, -0.05) is 59.3 Å². The minimum Gasteiger partial charge on any atom is -0.338 e. The molecule has 3 heteroatoms. The van der Waals surface area contributed by atoms with Gasteiger partial charge in [-0.3, -0.25) is 0 Å². The smallest absolute Gasteiger partial charge is 0.317 e. The first-order chi connectivity index (χ1) is 9.26. The van der Waals surface area contributed by atoms with Crippen LogP contribution in [0.3, 0.4) is 0 Å². The van der Waals surface area contributed by atoms with E-state index in [0.29, 0.717) is 0 Å². The van der Waals surface area contributed by atoms with E-state index in [4.69, 9.17) is 0 Å². The van der Waals surface area contributed by atoms with Gasteiger partial charge < -0.3 is 10.2 Å². The molecular weight excluding hydrogens is 236 g/mol. The molecule has 0 heterocycles. The molecule has 0 aromatic heterocycles. The first kappa shape index (κ1) is 18.3. The SMILES string of the molecule is CCCCCCCCCNC(=O)N(CCC)CCC. The van der Waals surface area contributed by atoms with Crippen LogP contribution in [0.5, 0.6) is 0 Å². The molecule has 0 spiro atoms.